The normalized spacial score (nSPS) is 40.3. The summed E-state index contributed by atoms with van der Waals surface area (Å²) in [6, 6.07) is 1.15. The molecule has 106 valence electrons. The van der Waals surface area contributed by atoms with Crippen molar-refractivity contribution in [3.63, 3.8) is 0 Å². The quantitative estimate of drug-likeness (QED) is 0.791. The van der Waals surface area contributed by atoms with Crippen molar-refractivity contribution >= 4 is 0 Å². The molecule has 0 saturated heterocycles. The van der Waals surface area contributed by atoms with E-state index in [4.69, 9.17) is 0 Å². The van der Waals surface area contributed by atoms with Crippen molar-refractivity contribution in [2.75, 3.05) is 0 Å². The summed E-state index contributed by atoms with van der Waals surface area (Å²) >= 11 is 0. The van der Waals surface area contributed by atoms with Crippen molar-refractivity contribution < 1.29 is 5.11 Å². The fraction of sp³-hybridized carbons (Fsp3) is 1.00. The van der Waals surface area contributed by atoms with Gasteiger partial charge < -0.3 is 10.4 Å². The maximum atomic E-state index is 9.86. The maximum Gasteiger partial charge on any atom is 0.0621 e. The molecule has 4 unspecified atom stereocenters. The predicted octanol–water partition coefficient (Wildman–Crippen LogP) is 3.34. The molecule has 2 rings (SSSR count). The van der Waals surface area contributed by atoms with Crippen LogP contribution in [0.4, 0.5) is 0 Å². The lowest BCUT2D eigenvalue weighted by atomic mass is 9.63. The van der Waals surface area contributed by atoms with Gasteiger partial charge in [0, 0.05) is 17.5 Å². The molecule has 2 heteroatoms. The molecule has 0 amide bonds. The summed E-state index contributed by atoms with van der Waals surface area (Å²) in [6.45, 7) is 11.5. The summed E-state index contributed by atoms with van der Waals surface area (Å²) in [5.74, 6) is 0.778. The van der Waals surface area contributed by atoms with E-state index >= 15 is 0 Å². The summed E-state index contributed by atoms with van der Waals surface area (Å²) < 4.78 is 0. The lowest BCUT2D eigenvalue weighted by Gasteiger charge is -2.53. The molecule has 0 spiro atoms. The first-order valence-corrected chi connectivity index (χ1v) is 7.67. The summed E-state index contributed by atoms with van der Waals surface area (Å²) in [5, 5.41) is 13.7. The van der Waals surface area contributed by atoms with Crippen LogP contribution < -0.4 is 5.32 Å². The molecule has 0 aromatic heterocycles. The highest BCUT2D eigenvalue weighted by Crippen LogP contribution is 2.43. The van der Waals surface area contributed by atoms with Gasteiger partial charge in [0.2, 0.25) is 0 Å². The van der Waals surface area contributed by atoms with E-state index in [2.05, 4.69) is 39.9 Å². The minimum atomic E-state index is -0.119. The van der Waals surface area contributed by atoms with Gasteiger partial charge in [0.1, 0.15) is 0 Å². The Labute approximate surface area is 113 Å². The molecule has 18 heavy (non-hydrogen) atoms. The van der Waals surface area contributed by atoms with Gasteiger partial charge in [-0.2, -0.15) is 0 Å². The van der Waals surface area contributed by atoms with E-state index in [0.29, 0.717) is 17.5 Å². The lowest BCUT2D eigenvalue weighted by Crippen LogP contribution is -2.63. The van der Waals surface area contributed by atoms with Gasteiger partial charge in [0.15, 0.2) is 0 Å². The average Bonchev–Trinajstić information content (AvgIpc) is 2.28. The van der Waals surface area contributed by atoms with E-state index in [1.807, 2.05) is 0 Å². The third-order valence-electron chi connectivity index (χ3n) is 5.51. The summed E-state index contributed by atoms with van der Waals surface area (Å²) in [5.41, 5.74) is 0.449. The highest BCUT2D eigenvalue weighted by Gasteiger charge is 2.49. The number of hydrogen-bond acceptors (Lipinski definition) is 2. The molecule has 0 bridgehead atoms. The van der Waals surface area contributed by atoms with Crippen LogP contribution in [-0.2, 0) is 0 Å². The Balaban J connectivity index is 1.99. The van der Waals surface area contributed by atoms with Crippen molar-refractivity contribution in [3.05, 3.63) is 0 Å². The molecular weight excluding hydrogens is 222 g/mol. The Bertz CT molecular complexity index is 292. The number of aliphatic hydroxyl groups excluding tert-OH is 1. The van der Waals surface area contributed by atoms with Crippen LogP contribution >= 0.6 is 0 Å². The lowest BCUT2D eigenvalue weighted by molar-refractivity contribution is -0.0819. The zero-order valence-electron chi connectivity index (χ0n) is 12.8. The molecule has 0 aliphatic heterocycles. The topological polar surface area (TPSA) is 32.3 Å². The van der Waals surface area contributed by atoms with Crippen LogP contribution in [0.3, 0.4) is 0 Å². The number of rotatable bonds is 2. The first kappa shape index (κ1) is 14.3. The second-order valence-corrected chi connectivity index (χ2v) is 8.16. The summed E-state index contributed by atoms with van der Waals surface area (Å²) in [7, 11) is 0. The van der Waals surface area contributed by atoms with Crippen molar-refractivity contribution in [3.8, 4) is 0 Å². The molecule has 2 nitrogen and oxygen atoms in total. The van der Waals surface area contributed by atoms with E-state index in [9.17, 15) is 5.11 Å². The van der Waals surface area contributed by atoms with E-state index < -0.39 is 0 Å². The second-order valence-electron chi connectivity index (χ2n) is 8.16. The number of nitrogens with one attached hydrogen (secondary N) is 1. The number of aliphatic hydroxyl groups is 1. The van der Waals surface area contributed by atoms with Gasteiger partial charge in [0.05, 0.1) is 6.10 Å². The average molecular weight is 253 g/mol. The minimum absolute atomic E-state index is 0.0554. The highest BCUT2D eigenvalue weighted by atomic mass is 16.3. The van der Waals surface area contributed by atoms with Crippen LogP contribution in [-0.4, -0.2) is 23.3 Å². The smallest absolute Gasteiger partial charge is 0.0621 e. The zero-order chi connectivity index (χ0) is 13.6. The second kappa shape index (κ2) is 4.79. The van der Waals surface area contributed by atoms with Crippen LogP contribution in [0.2, 0.25) is 0 Å². The first-order valence-electron chi connectivity index (χ1n) is 7.67. The van der Waals surface area contributed by atoms with Crippen LogP contribution in [0.5, 0.6) is 0 Å². The van der Waals surface area contributed by atoms with Crippen molar-refractivity contribution in [2.45, 2.75) is 84.9 Å². The van der Waals surface area contributed by atoms with Gasteiger partial charge in [0.25, 0.3) is 0 Å². The molecule has 2 saturated carbocycles. The van der Waals surface area contributed by atoms with Gasteiger partial charge in [-0.1, -0.05) is 47.5 Å². The standard InChI is InChI=1S/C16H31NO/c1-15(2,3)11-8-6-7-9-12(11)17-13-10-14(18)16(13,4)5/h11-14,17-18H,6-10H2,1-5H3. The Hall–Kier alpha value is -0.0800. The molecular formula is C16H31NO. The molecule has 0 aromatic carbocycles. The molecule has 0 aromatic rings. The fourth-order valence-electron chi connectivity index (χ4n) is 3.81. The van der Waals surface area contributed by atoms with Crippen molar-refractivity contribution in [1.82, 2.24) is 5.32 Å². The Morgan fingerprint density at radius 1 is 1.11 bits per heavy atom. The predicted molar refractivity (Wildman–Crippen MR) is 76.5 cm³/mol. The van der Waals surface area contributed by atoms with E-state index in [1.54, 1.807) is 0 Å². The third-order valence-corrected chi connectivity index (χ3v) is 5.51. The molecule has 0 radical (unpaired) electrons. The monoisotopic (exact) mass is 253 g/mol. The maximum absolute atomic E-state index is 9.86. The summed E-state index contributed by atoms with van der Waals surface area (Å²) in [6.07, 6.45) is 6.23. The van der Waals surface area contributed by atoms with Gasteiger partial charge >= 0.3 is 0 Å². The Kier molecular flexibility index (Phi) is 3.81. The largest absolute Gasteiger partial charge is 0.392 e. The van der Waals surface area contributed by atoms with E-state index in [-0.39, 0.29) is 11.5 Å². The summed E-state index contributed by atoms with van der Waals surface area (Å²) in [4.78, 5) is 0. The van der Waals surface area contributed by atoms with Gasteiger partial charge in [-0.3, -0.25) is 0 Å². The Morgan fingerprint density at radius 3 is 2.22 bits per heavy atom. The van der Waals surface area contributed by atoms with Gasteiger partial charge in [-0.25, -0.2) is 0 Å². The number of hydrogen-bond donors (Lipinski definition) is 2. The van der Waals surface area contributed by atoms with Crippen molar-refractivity contribution in [2.24, 2.45) is 16.7 Å². The van der Waals surface area contributed by atoms with Crippen LogP contribution in [0.1, 0.15) is 66.7 Å². The molecule has 2 N–H and O–H groups in total. The van der Waals surface area contributed by atoms with Crippen LogP contribution in [0.25, 0.3) is 0 Å². The highest BCUT2D eigenvalue weighted by molar-refractivity contribution is 5.04. The fourth-order valence-corrected chi connectivity index (χ4v) is 3.81. The SMILES string of the molecule is CC(C)(C)C1CCCCC1NC1CC(O)C1(C)C. The third kappa shape index (κ3) is 2.60. The molecule has 0 heterocycles. The van der Waals surface area contributed by atoms with Crippen LogP contribution in [0, 0.1) is 16.7 Å². The molecule has 4 atom stereocenters. The van der Waals surface area contributed by atoms with Gasteiger partial charge in [-0.15, -0.1) is 0 Å². The van der Waals surface area contributed by atoms with Crippen molar-refractivity contribution in [1.29, 1.82) is 0 Å². The zero-order valence-corrected chi connectivity index (χ0v) is 12.8. The van der Waals surface area contributed by atoms with Crippen LogP contribution in [0.15, 0.2) is 0 Å². The molecule has 2 fully saturated rings. The van der Waals surface area contributed by atoms with Gasteiger partial charge in [-0.05, 0) is 30.6 Å². The minimum Gasteiger partial charge on any atom is -0.392 e. The molecule has 2 aliphatic rings. The molecule has 2 aliphatic carbocycles. The Morgan fingerprint density at radius 2 is 1.72 bits per heavy atom. The van der Waals surface area contributed by atoms with E-state index in [0.717, 1.165) is 12.3 Å². The van der Waals surface area contributed by atoms with E-state index in [1.165, 1.54) is 25.7 Å². The first-order chi connectivity index (χ1) is 8.23.